The second-order valence-corrected chi connectivity index (χ2v) is 14.1. The molecule has 0 bridgehead atoms. The molecule has 12 nitrogen and oxygen atoms in total. The Kier molecular flexibility index (Phi) is 17.5. The third-order valence-corrected chi connectivity index (χ3v) is 10.4. The molecule has 1 fully saturated rings. The van der Waals surface area contributed by atoms with E-state index in [0.29, 0.717) is 16.7 Å². The third-order valence-electron chi connectivity index (χ3n) is 10.4. The molecular formula is C48H54N6O6. The zero-order valence-corrected chi connectivity index (χ0v) is 35.4. The highest BCUT2D eigenvalue weighted by Gasteiger charge is 2.37. The molecule has 0 N–H and O–H groups in total. The van der Waals surface area contributed by atoms with Gasteiger partial charge in [-0.3, -0.25) is 0 Å². The molecule has 312 valence electrons. The summed E-state index contributed by atoms with van der Waals surface area (Å²) in [4.78, 5) is 46.9. The van der Waals surface area contributed by atoms with Gasteiger partial charge >= 0.3 is 17.9 Å². The molecule has 0 aliphatic heterocycles. The molecule has 4 rings (SSSR count). The molecule has 3 aromatic carbocycles. The van der Waals surface area contributed by atoms with Crippen molar-refractivity contribution in [2.45, 2.75) is 79.1 Å². The molecule has 0 spiro atoms. The lowest BCUT2D eigenvalue weighted by Crippen LogP contribution is -2.40. The van der Waals surface area contributed by atoms with Crippen LogP contribution in [0, 0.1) is 34.0 Å². The second kappa shape index (κ2) is 22.9. The third kappa shape index (κ3) is 12.6. The minimum atomic E-state index is -0.951. The van der Waals surface area contributed by atoms with Crippen LogP contribution in [-0.2, 0) is 28.6 Å². The molecule has 0 amide bonds. The lowest BCUT2D eigenvalue weighted by atomic mass is 9.91. The molecule has 1 aliphatic carbocycles. The van der Waals surface area contributed by atoms with Crippen LogP contribution in [0.3, 0.4) is 0 Å². The number of anilines is 3. The summed E-state index contributed by atoms with van der Waals surface area (Å²) in [6, 6.07) is 28.1. The van der Waals surface area contributed by atoms with Gasteiger partial charge in [-0.05, 0) is 113 Å². The standard InChI is InChI=1S/C48H54N6O6/c1-7-52(8-2)40-19-13-34(14-20-40)25-37(31-49)46(55)58-43-28-44(59-47(56)38(32-50)26-35-15-21-41(22-16-35)53(9-3)10-4)30-45(29-43)60-48(57)39(33-51)27-36-17-23-42(24-18-36)54(11-5)12-6/h13-27,43-45H,7-12,28-30H2,1-6H3. The van der Waals surface area contributed by atoms with Gasteiger partial charge in [-0.25, -0.2) is 14.4 Å². The van der Waals surface area contributed by atoms with Crippen LogP contribution in [-0.4, -0.2) is 75.5 Å². The van der Waals surface area contributed by atoms with Gasteiger partial charge < -0.3 is 28.9 Å². The van der Waals surface area contributed by atoms with Crippen molar-refractivity contribution >= 4 is 53.2 Å². The zero-order chi connectivity index (χ0) is 43.6. The minimum Gasteiger partial charge on any atom is -0.458 e. The topological polar surface area (TPSA) is 160 Å². The van der Waals surface area contributed by atoms with Crippen molar-refractivity contribution in [2.24, 2.45) is 0 Å². The van der Waals surface area contributed by atoms with Gasteiger partial charge in [-0.15, -0.1) is 0 Å². The molecule has 0 heterocycles. The quantitative estimate of drug-likeness (QED) is 0.0525. The number of carbonyl (C=O) groups is 3. The number of rotatable bonds is 18. The van der Waals surface area contributed by atoms with Crippen LogP contribution in [0.5, 0.6) is 0 Å². The van der Waals surface area contributed by atoms with Crippen molar-refractivity contribution in [3.63, 3.8) is 0 Å². The molecule has 60 heavy (non-hydrogen) atoms. The predicted octanol–water partition coefficient (Wildman–Crippen LogP) is 8.27. The molecule has 0 unspecified atom stereocenters. The van der Waals surface area contributed by atoms with Crippen LogP contribution in [0.15, 0.2) is 89.5 Å². The fourth-order valence-electron chi connectivity index (χ4n) is 7.12. The largest absolute Gasteiger partial charge is 0.458 e. The van der Waals surface area contributed by atoms with Crippen molar-refractivity contribution < 1.29 is 28.6 Å². The first-order valence-corrected chi connectivity index (χ1v) is 20.6. The Labute approximate surface area is 354 Å². The van der Waals surface area contributed by atoms with Crippen molar-refractivity contribution in [1.29, 1.82) is 15.8 Å². The highest BCUT2D eigenvalue weighted by Crippen LogP contribution is 2.29. The molecule has 0 radical (unpaired) electrons. The summed E-state index contributed by atoms with van der Waals surface area (Å²) < 4.78 is 17.4. The number of hydrogen-bond donors (Lipinski definition) is 0. The number of benzene rings is 3. The molecule has 0 atom stereocenters. The van der Waals surface area contributed by atoms with Gasteiger partial charge in [0.1, 0.15) is 53.2 Å². The van der Waals surface area contributed by atoms with Crippen molar-refractivity contribution in [1.82, 2.24) is 0 Å². The highest BCUT2D eigenvalue weighted by atomic mass is 16.6. The maximum Gasteiger partial charge on any atom is 0.349 e. The van der Waals surface area contributed by atoms with Crippen LogP contribution in [0.1, 0.15) is 77.5 Å². The van der Waals surface area contributed by atoms with Crippen LogP contribution < -0.4 is 14.7 Å². The first-order chi connectivity index (χ1) is 29.0. The summed E-state index contributed by atoms with van der Waals surface area (Å²) in [6.45, 7) is 17.3. The number of ether oxygens (including phenoxy) is 3. The van der Waals surface area contributed by atoms with E-state index >= 15 is 0 Å². The molecule has 1 aliphatic rings. The van der Waals surface area contributed by atoms with Crippen molar-refractivity contribution in [2.75, 3.05) is 54.0 Å². The molecule has 0 aromatic heterocycles. The SMILES string of the molecule is CCN(CC)c1ccc(C=C(C#N)C(=O)OC2CC(OC(=O)C(C#N)=Cc3ccc(N(CC)CC)cc3)CC(OC(=O)C(C#N)=Cc3ccc(N(CC)CC)cc3)C2)cc1. The van der Waals surface area contributed by atoms with E-state index in [1.165, 1.54) is 18.2 Å². The van der Waals surface area contributed by atoms with Crippen molar-refractivity contribution in [3.8, 4) is 18.2 Å². The summed E-state index contributed by atoms with van der Waals surface area (Å²) in [5, 5.41) is 29.9. The minimum absolute atomic E-state index is 0.0138. The Morgan fingerprint density at radius 1 is 0.467 bits per heavy atom. The zero-order valence-electron chi connectivity index (χ0n) is 35.4. The first kappa shape index (κ1) is 45.9. The van der Waals surface area contributed by atoms with E-state index in [4.69, 9.17) is 14.2 Å². The van der Waals surface area contributed by atoms with Gasteiger partial charge in [0.25, 0.3) is 0 Å². The van der Waals surface area contributed by atoms with Gasteiger partial charge in [0, 0.05) is 75.6 Å². The smallest absolute Gasteiger partial charge is 0.349 e. The first-order valence-electron chi connectivity index (χ1n) is 20.6. The number of hydrogen-bond acceptors (Lipinski definition) is 12. The number of carbonyl (C=O) groups excluding carboxylic acids is 3. The van der Waals surface area contributed by atoms with Crippen LogP contribution in [0.25, 0.3) is 18.2 Å². The van der Waals surface area contributed by atoms with E-state index < -0.39 is 36.2 Å². The molecular weight excluding hydrogens is 757 g/mol. The van der Waals surface area contributed by atoms with Gasteiger partial charge in [0.05, 0.1) is 0 Å². The Bertz CT molecular complexity index is 1890. The normalized spacial score (nSPS) is 16.6. The van der Waals surface area contributed by atoms with Gasteiger partial charge in [0.15, 0.2) is 0 Å². The number of nitriles is 3. The second-order valence-electron chi connectivity index (χ2n) is 14.1. The molecule has 1 saturated carbocycles. The monoisotopic (exact) mass is 810 g/mol. The number of esters is 3. The summed E-state index contributed by atoms with van der Waals surface area (Å²) >= 11 is 0. The molecule has 3 aromatic rings. The number of nitrogens with zero attached hydrogens (tertiary/aromatic N) is 6. The fourth-order valence-corrected chi connectivity index (χ4v) is 7.12. The van der Waals surface area contributed by atoms with E-state index in [-0.39, 0.29) is 36.0 Å². The van der Waals surface area contributed by atoms with Gasteiger partial charge in [-0.2, -0.15) is 15.8 Å². The average molecular weight is 811 g/mol. The Balaban J connectivity index is 1.56. The Hall–Kier alpha value is -6.84. The fraction of sp³-hybridized carbons (Fsp3) is 0.375. The Morgan fingerprint density at radius 3 is 0.867 bits per heavy atom. The maximum atomic E-state index is 13.4. The van der Waals surface area contributed by atoms with E-state index in [0.717, 1.165) is 56.3 Å². The lowest BCUT2D eigenvalue weighted by molar-refractivity contribution is -0.164. The summed E-state index contributed by atoms with van der Waals surface area (Å²) in [5.41, 5.74) is 4.14. The van der Waals surface area contributed by atoms with E-state index in [1.807, 2.05) is 91.0 Å². The van der Waals surface area contributed by atoms with Gasteiger partial charge in [0.2, 0.25) is 0 Å². The molecule has 12 heteroatoms. The van der Waals surface area contributed by atoms with Crippen LogP contribution in [0.2, 0.25) is 0 Å². The summed E-state index contributed by atoms with van der Waals surface area (Å²) in [7, 11) is 0. The maximum absolute atomic E-state index is 13.4. The summed E-state index contributed by atoms with van der Waals surface area (Å²) in [6.07, 6.45) is 1.49. The van der Waals surface area contributed by atoms with Crippen molar-refractivity contribution in [3.05, 3.63) is 106 Å². The lowest BCUT2D eigenvalue weighted by Gasteiger charge is -2.33. The predicted molar refractivity (Wildman–Crippen MR) is 234 cm³/mol. The summed E-state index contributed by atoms with van der Waals surface area (Å²) in [5.74, 6) is -2.70. The average Bonchev–Trinajstić information content (AvgIpc) is 3.26. The van der Waals surface area contributed by atoms with Crippen LogP contribution in [0.4, 0.5) is 17.1 Å². The molecule has 0 saturated heterocycles. The van der Waals surface area contributed by atoms with E-state index in [9.17, 15) is 30.2 Å². The van der Waals surface area contributed by atoms with E-state index in [1.54, 1.807) is 0 Å². The van der Waals surface area contributed by atoms with E-state index in [2.05, 4.69) is 56.2 Å². The Morgan fingerprint density at radius 2 is 0.683 bits per heavy atom. The van der Waals surface area contributed by atoms with Crippen LogP contribution >= 0.6 is 0 Å². The van der Waals surface area contributed by atoms with Gasteiger partial charge in [-0.1, -0.05) is 36.4 Å². The highest BCUT2D eigenvalue weighted by molar-refractivity contribution is 5.99.